The van der Waals surface area contributed by atoms with Crippen LogP contribution in [0.15, 0.2) is 60.7 Å². The molecule has 0 heterocycles. The Labute approximate surface area is 278 Å². The molecule has 1 atom stereocenters. The van der Waals surface area contributed by atoms with Gasteiger partial charge in [0, 0.05) is 11.2 Å². The van der Waals surface area contributed by atoms with Crippen LogP contribution in [0.25, 0.3) is 0 Å². The van der Waals surface area contributed by atoms with Crippen molar-refractivity contribution in [3.05, 3.63) is 88.5 Å². The number of amides is 2. The number of hydrogen-bond acceptors (Lipinski definition) is 7. The largest absolute Gasteiger partial charge is 0.465 e. The minimum Gasteiger partial charge on any atom is -0.465 e. The zero-order valence-corrected chi connectivity index (χ0v) is 28.9. The van der Waals surface area contributed by atoms with Gasteiger partial charge in [-0.3, -0.25) is 9.59 Å². The lowest BCUT2D eigenvalue weighted by Crippen LogP contribution is -2.46. The van der Waals surface area contributed by atoms with E-state index in [1.807, 2.05) is 32.9 Å². The molecular formula is C38H48N2O7. The van der Waals surface area contributed by atoms with Gasteiger partial charge >= 0.3 is 11.9 Å². The highest BCUT2D eigenvalue weighted by atomic mass is 16.5. The number of hydrogen-bond donors (Lipinski definition) is 2. The summed E-state index contributed by atoms with van der Waals surface area (Å²) >= 11 is 0. The maximum Gasteiger partial charge on any atom is 0.338 e. The molecule has 9 heteroatoms. The maximum atomic E-state index is 13.5. The molecule has 0 fully saturated rings. The first-order chi connectivity index (χ1) is 22.3. The number of methoxy groups -OCH3 is 2. The second kappa shape index (κ2) is 16.3. The first kappa shape index (κ1) is 36.8. The summed E-state index contributed by atoms with van der Waals surface area (Å²) in [6, 6.07) is 17.2. The van der Waals surface area contributed by atoms with Gasteiger partial charge in [0.15, 0.2) is 0 Å². The predicted octanol–water partition coefficient (Wildman–Crippen LogP) is 8.47. The van der Waals surface area contributed by atoms with Crippen molar-refractivity contribution in [1.29, 1.82) is 0 Å². The summed E-state index contributed by atoms with van der Waals surface area (Å²) in [5.74, 6) is -1.65. The quantitative estimate of drug-likeness (QED) is 0.159. The molecule has 2 amide bonds. The van der Waals surface area contributed by atoms with Gasteiger partial charge < -0.3 is 24.8 Å². The van der Waals surface area contributed by atoms with Crippen LogP contribution in [0.1, 0.15) is 127 Å². The van der Waals surface area contributed by atoms with E-state index in [4.69, 9.17) is 14.2 Å². The zero-order chi connectivity index (χ0) is 34.8. The molecule has 0 aliphatic heterocycles. The summed E-state index contributed by atoms with van der Waals surface area (Å²) in [5, 5.41) is 5.73. The average Bonchev–Trinajstić information content (AvgIpc) is 3.07. The van der Waals surface area contributed by atoms with Crippen LogP contribution >= 0.6 is 0 Å². The third kappa shape index (κ3) is 9.44. The fourth-order valence-electron chi connectivity index (χ4n) is 5.43. The molecule has 3 aromatic carbocycles. The number of esters is 2. The molecule has 0 spiro atoms. The first-order valence-electron chi connectivity index (χ1n) is 16.2. The van der Waals surface area contributed by atoms with Crippen molar-refractivity contribution in [2.24, 2.45) is 0 Å². The lowest BCUT2D eigenvalue weighted by molar-refractivity contribution is 0.0582. The normalized spacial score (nSPS) is 12.4. The molecule has 0 aliphatic carbocycles. The molecule has 47 heavy (non-hydrogen) atoms. The zero-order valence-electron chi connectivity index (χ0n) is 28.9. The van der Waals surface area contributed by atoms with Gasteiger partial charge in [0.2, 0.25) is 0 Å². The molecule has 0 bridgehead atoms. The minimum absolute atomic E-state index is 0.0809. The van der Waals surface area contributed by atoms with E-state index >= 15 is 0 Å². The van der Waals surface area contributed by atoms with Crippen molar-refractivity contribution in [2.75, 3.05) is 19.5 Å². The van der Waals surface area contributed by atoms with Crippen LogP contribution in [0.4, 0.5) is 5.69 Å². The van der Waals surface area contributed by atoms with Gasteiger partial charge in [0.25, 0.3) is 11.8 Å². The van der Waals surface area contributed by atoms with Crippen molar-refractivity contribution in [1.82, 2.24) is 5.32 Å². The lowest BCUT2D eigenvalue weighted by atomic mass is 9.80. The van der Waals surface area contributed by atoms with Gasteiger partial charge in [-0.2, -0.15) is 0 Å². The fourth-order valence-corrected chi connectivity index (χ4v) is 5.43. The van der Waals surface area contributed by atoms with Gasteiger partial charge in [-0.05, 0) is 85.7 Å². The van der Waals surface area contributed by atoms with Crippen LogP contribution in [-0.2, 0) is 14.9 Å². The molecule has 3 rings (SSSR count). The van der Waals surface area contributed by atoms with Crippen LogP contribution in [0, 0.1) is 0 Å². The average molecular weight is 645 g/mol. The second-order valence-corrected chi connectivity index (χ2v) is 12.6. The summed E-state index contributed by atoms with van der Waals surface area (Å²) in [7, 11) is 2.35. The highest BCUT2D eigenvalue weighted by molar-refractivity contribution is 6.15. The Balaban J connectivity index is 1.86. The summed E-state index contributed by atoms with van der Waals surface area (Å²) in [4.78, 5) is 52.6. The number of anilines is 1. The van der Waals surface area contributed by atoms with Crippen LogP contribution in [0.3, 0.4) is 0 Å². The van der Waals surface area contributed by atoms with E-state index in [0.717, 1.165) is 19.3 Å². The topological polar surface area (TPSA) is 120 Å². The van der Waals surface area contributed by atoms with Crippen molar-refractivity contribution >= 4 is 29.4 Å². The Morgan fingerprint density at radius 1 is 0.660 bits per heavy atom. The second-order valence-electron chi connectivity index (χ2n) is 12.6. The van der Waals surface area contributed by atoms with E-state index in [1.165, 1.54) is 38.3 Å². The van der Waals surface area contributed by atoms with E-state index in [9.17, 15) is 19.2 Å². The summed E-state index contributed by atoms with van der Waals surface area (Å²) in [5.41, 5.74) is 0.655. The van der Waals surface area contributed by atoms with Crippen molar-refractivity contribution < 1.29 is 33.4 Å². The SMILES string of the molecule is CCCCC(C)(C)c1ccc(Oc2ccc(NC(=O)c3cc(C(=O)OC)c(C(=O)NC(C)(CC)CCC)cc3C(=O)OC)cc2)cc1. The van der Waals surface area contributed by atoms with Crippen molar-refractivity contribution in [3.8, 4) is 11.5 Å². The standard InChI is InChI=1S/C38H48N2O7/c1-9-12-22-37(4,5)25-13-17-27(18-14-25)47-28-19-15-26(16-20-28)39-33(41)29-23-32(36(44)46-8)30(24-31(29)35(43)45-7)34(42)40-38(6,11-3)21-10-2/h13-20,23-24H,9-12,21-22H2,1-8H3,(H,39,41)(H,40,42). The summed E-state index contributed by atoms with van der Waals surface area (Å²) < 4.78 is 15.9. The smallest absolute Gasteiger partial charge is 0.338 e. The Hall–Kier alpha value is -4.66. The number of rotatable bonds is 15. The van der Waals surface area contributed by atoms with Crippen LogP contribution < -0.4 is 15.4 Å². The Kier molecular flexibility index (Phi) is 12.7. The first-order valence-corrected chi connectivity index (χ1v) is 16.2. The van der Waals surface area contributed by atoms with Crippen LogP contribution in [0.5, 0.6) is 11.5 Å². The predicted molar refractivity (Wildman–Crippen MR) is 184 cm³/mol. The molecule has 0 saturated heterocycles. The molecule has 0 aromatic heterocycles. The number of benzene rings is 3. The maximum absolute atomic E-state index is 13.5. The van der Waals surface area contributed by atoms with Gasteiger partial charge in [-0.1, -0.05) is 66.0 Å². The van der Waals surface area contributed by atoms with Gasteiger partial charge in [-0.15, -0.1) is 0 Å². The Morgan fingerprint density at radius 3 is 1.64 bits per heavy atom. The minimum atomic E-state index is -0.837. The number of nitrogens with one attached hydrogen (secondary N) is 2. The van der Waals surface area contributed by atoms with Gasteiger partial charge in [-0.25, -0.2) is 9.59 Å². The van der Waals surface area contributed by atoms with Crippen molar-refractivity contribution in [2.45, 2.75) is 91.0 Å². The van der Waals surface area contributed by atoms with Crippen LogP contribution in [0.2, 0.25) is 0 Å². The molecular weight excluding hydrogens is 596 g/mol. The monoisotopic (exact) mass is 644 g/mol. The molecule has 0 aliphatic rings. The van der Waals surface area contributed by atoms with Crippen LogP contribution in [-0.4, -0.2) is 43.5 Å². The third-order valence-electron chi connectivity index (χ3n) is 8.59. The summed E-state index contributed by atoms with van der Waals surface area (Å²) in [6.45, 7) is 12.6. The van der Waals surface area contributed by atoms with Gasteiger partial charge in [0.05, 0.1) is 36.5 Å². The van der Waals surface area contributed by atoms with Crippen molar-refractivity contribution in [3.63, 3.8) is 0 Å². The molecule has 9 nitrogen and oxygen atoms in total. The third-order valence-corrected chi connectivity index (χ3v) is 8.59. The number of unbranched alkanes of at least 4 members (excludes halogenated alkanes) is 1. The van der Waals surface area contributed by atoms with E-state index < -0.39 is 29.3 Å². The molecule has 1 unspecified atom stereocenters. The van der Waals surface area contributed by atoms with E-state index in [-0.39, 0.29) is 27.7 Å². The van der Waals surface area contributed by atoms with Gasteiger partial charge in [0.1, 0.15) is 11.5 Å². The number of ether oxygens (including phenoxy) is 3. The Bertz CT molecular complexity index is 1560. The van der Waals surface area contributed by atoms with E-state index in [1.54, 1.807) is 24.3 Å². The number of carbonyl (C=O) groups is 4. The highest BCUT2D eigenvalue weighted by Crippen LogP contribution is 2.32. The fraction of sp³-hybridized carbons (Fsp3) is 0.421. The number of carbonyl (C=O) groups excluding carboxylic acids is 4. The molecule has 0 saturated carbocycles. The summed E-state index contributed by atoms with van der Waals surface area (Å²) in [6.07, 6.45) is 5.63. The molecule has 252 valence electrons. The van der Waals surface area contributed by atoms with E-state index in [0.29, 0.717) is 30.0 Å². The molecule has 3 aromatic rings. The van der Waals surface area contributed by atoms with E-state index in [2.05, 4.69) is 43.5 Å². The Morgan fingerprint density at radius 2 is 1.17 bits per heavy atom. The highest BCUT2D eigenvalue weighted by Gasteiger charge is 2.30. The molecule has 2 N–H and O–H groups in total. The molecule has 0 radical (unpaired) electrons. The lowest BCUT2D eigenvalue weighted by Gasteiger charge is -2.30.